The molecule has 0 bridgehead atoms. The Kier molecular flexibility index (Phi) is 8.56. The van der Waals surface area contributed by atoms with E-state index in [4.69, 9.17) is 14.2 Å². The van der Waals surface area contributed by atoms with E-state index in [9.17, 15) is 9.59 Å². The topological polar surface area (TPSA) is 79.1 Å². The molecule has 0 N–H and O–H groups in total. The molecule has 41 heavy (non-hydrogen) atoms. The maximum atomic E-state index is 14.0. The van der Waals surface area contributed by atoms with Crippen molar-refractivity contribution < 1.29 is 19.0 Å². The van der Waals surface area contributed by atoms with Crippen LogP contribution in [-0.2, 0) is 16.1 Å². The number of esters is 1. The molecule has 1 unspecified atom stereocenters. The number of carbonyl (C=O) groups excluding carboxylic acids is 1. The van der Waals surface area contributed by atoms with Gasteiger partial charge in [-0.2, -0.15) is 0 Å². The number of rotatable bonds is 8. The lowest BCUT2D eigenvalue weighted by atomic mass is 9.95. The fraction of sp³-hybridized carbons (Fsp3) is 0.219. The van der Waals surface area contributed by atoms with Gasteiger partial charge in [-0.15, -0.1) is 0 Å². The molecule has 0 radical (unpaired) electrons. The van der Waals surface area contributed by atoms with Crippen molar-refractivity contribution in [2.75, 3.05) is 13.7 Å². The Hall–Kier alpha value is -3.95. The van der Waals surface area contributed by atoms with Gasteiger partial charge in [0.25, 0.3) is 5.56 Å². The van der Waals surface area contributed by atoms with Gasteiger partial charge in [0.15, 0.2) is 4.80 Å². The normalized spacial score (nSPS) is 14.9. The van der Waals surface area contributed by atoms with Gasteiger partial charge in [0.2, 0.25) is 0 Å². The Morgan fingerprint density at radius 2 is 1.83 bits per heavy atom. The van der Waals surface area contributed by atoms with Crippen molar-refractivity contribution in [1.29, 1.82) is 0 Å². The fourth-order valence-electron chi connectivity index (χ4n) is 4.73. The first-order valence-electron chi connectivity index (χ1n) is 13.1. The van der Waals surface area contributed by atoms with Crippen molar-refractivity contribution in [3.8, 4) is 11.5 Å². The van der Waals surface area contributed by atoms with Crippen LogP contribution < -0.4 is 24.4 Å². The van der Waals surface area contributed by atoms with Crippen LogP contribution in [0.25, 0.3) is 6.08 Å². The number of para-hydroxylation sites is 1. The number of allylic oxidation sites excluding steroid dienone is 1. The lowest BCUT2D eigenvalue weighted by molar-refractivity contribution is -0.139. The van der Waals surface area contributed by atoms with Gasteiger partial charge in [-0.25, -0.2) is 9.79 Å². The molecule has 1 aliphatic rings. The van der Waals surface area contributed by atoms with Crippen LogP contribution in [0.5, 0.6) is 11.5 Å². The van der Waals surface area contributed by atoms with Gasteiger partial charge in [-0.1, -0.05) is 69.7 Å². The summed E-state index contributed by atoms with van der Waals surface area (Å²) >= 11 is 4.73. The van der Waals surface area contributed by atoms with Gasteiger partial charge in [0.05, 0.1) is 35.6 Å². The second-order valence-electron chi connectivity index (χ2n) is 9.48. The number of thiazole rings is 1. The van der Waals surface area contributed by atoms with E-state index in [0.29, 0.717) is 38.7 Å². The number of methoxy groups -OCH3 is 1. The zero-order valence-electron chi connectivity index (χ0n) is 23.1. The predicted octanol–water partition coefficient (Wildman–Crippen LogP) is 5.46. The van der Waals surface area contributed by atoms with Gasteiger partial charge in [-0.05, 0) is 67.8 Å². The molecule has 1 aliphatic heterocycles. The fourth-order valence-corrected chi connectivity index (χ4v) is 6.03. The Morgan fingerprint density at radius 1 is 1.07 bits per heavy atom. The van der Waals surface area contributed by atoms with Crippen molar-refractivity contribution in [1.82, 2.24) is 4.57 Å². The largest absolute Gasteiger partial charge is 0.496 e. The summed E-state index contributed by atoms with van der Waals surface area (Å²) < 4.78 is 20.2. The summed E-state index contributed by atoms with van der Waals surface area (Å²) in [6, 6.07) is 20.5. The summed E-state index contributed by atoms with van der Waals surface area (Å²) in [5, 5.41) is 0. The highest BCUT2D eigenvalue weighted by atomic mass is 79.9. The van der Waals surface area contributed by atoms with Gasteiger partial charge in [0, 0.05) is 10.0 Å². The monoisotopic (exact) mass is 632 g/mol. The van der Waals surface area contributed by atoms with E-state index >= 15 is 0 Å². The molecule has 0 spiro atoms. The van der Waals surface area contributed by atoms with Crippen molar-refractivity contribution in [2.45, 2.75) is 33.4 Å². The summed E-state index contributed by atoms with van der Waals surface area (Å²) in [5.41, 5.74) is 4.06. The Labute approximate surface area is 250 Å². The molecule has 3 aromatic carbocycles. The third-order valence-electron chi connectivity index (χ3n) is 6.78. The van der Waals surface area contributed by atoms with Crippen LogP contribution in [0.4, 0.5) is 0 Å². The van der Waals surface area contributed by atoms with Gasteiger partial charge in [-0.3, -0.25) is 9.36 Å². The van der Waals surface area contributed by atoms with Crippen LogP contribution >= 0.6 is 27.3 Å². The van der Waals surface area contributed by atoms with E-state index in [1.54, 1.807) is 25.5 Å². The minimum atomic E-state index is -0.717. The van der Waals surface area contributed by atoms with Gasteiger partial charge >= 0.3 is 5.97 Å². The van der Waals surface area contributed by atoms with E-state index in [-0.39, 0.29) is 12.2 Å². The minimum Gasteiger partial charge on any atom is -0.496 e. The third kappa shape index (κ3) is 5.92. The molecule has 1 atom stereocenters. The zero-order valence-corrected chi connectivity index (χ0v) is 25.5. The van der Waals surface area contributed by atoms with Crippen LogP contribution in [-0.4, -0.2) is 24.3 Å². The zero-order chi connectivity index (χ0) is 29.1. The molecule has 0 amide bonds. The molecule has 0 saturated heterocycles. The Morgan fingerprint density at radius 3 is 2.56 bits per heavy atom. The number of halogens is 1. The first kappa shape index (κ1) is 28.6. The molecule has 9 heteroatoms. The first-order chi connectivity index (χ1) is 19.8. The highest BCUT2D eigenvalue weighted by Crippen LogP contribution is 2.33. The number of aromatic nitrogens is 1. The van der Waals surface area contributed by atoms with Crippen molar-refractivity contribution in [2.24, 2.45) is 4.99 Å². The van der Waals surface area contributed by atoms with E-state index in [0.717, 1.165) is 26.7 Å². The Balaban J connectivity index is 1.61. The second kappa shape index (κ2) is 12.3. The summed E-state index contributed by atoms with van der Waals surface area (Å²) in [6.45, 7) is 6.06. The number of hydrogen-bond donors (Lipinski definition) is 0. The minimum absolute atomic E-state index is 0.209. The average Bonchev–Trinajstić information content (AvgIpc) is 3.27. The van der Waals surface area contributed by atoms with Crippen molar-refractivity contribution in [3.63, 3.8) is 0 Å². The lowest BCUT2D eigenvalue weighted by Gasteiger charge is -2.25. The first-order valence-corrected chi connectivity index (χ1v) is 14.7. The molecule has 5 rings (SSSR count). The van der Waals surface area contributed by atoms with E-state index in [2.05, 4.69) is 20.9 Å². The lowest BCUT2D eigenvalue weighted by Crippen LogP contribution is -2.40. The average molecular weight is 634 g/mol. The molecule has 2 heterocycles. The predicted molar refractivity (Wildman–Crippen MR) is 163 cm³/mol. The molecule has 7 nitrogen and oxygen atoms in total. The Bertz CT molecular complexity index is 1820. The van der Waals surface area contributed by atoms with Crippen LogP contribution in [0, 0.1) is 6.92 Å². The number of carbonyl (C=O) groups is 1. The molecule has 210 valence electrons. The molecular weight excluding hydrogens is 604 g/mol. The van der Waals surface area contributed by atoms with Crippen LogP contribution in [0.1, 0.15) is 42.1 Å². The smallest absolute Gasteiger partial charge is 0.338 e. The number of fused-ring (bicyclic) bond motifs is 1. The van der Waals surface area contributed by atoms with Gasteiger partial charge < -0.3 is 14.2 Å². The highest BCUT2D eigenvalue weighted by Gasteiger charge is 2.33. The molecule has 1 aromatic heterocycles. The van der Waals surface area contributed by atoms with Crippen LogP contribution in [0.15, 0.2) is 92.3 Å². The summed E-state index contributed by atoms with van der Waals surface area (Å²) in [6.07, 6.45) is 1.82. The highest BCUT2D eigenvalue weighted by molar-refractivity contribution is 9.10. The van der Waals surface area contributed by atoms with Gasteiger partial charge in [0.1, 0.15) is 18.1 Å². The molecule has 0 saturated carbocycles. The van der Waals surface area contributed by atoms with Crippen molar-refractivity contribution in [3.05, 3.63) is 124 Å². The summed E-state index contributed by atoms with van der Waals surface area (Å²) in [5.74, 6) is 0.822. The quantitative estimate of drug-likeness (QED) is 0.241. The molecule has 0 fully saturated rings. The number of ether oxygens (including phenoxy) is 3. The van der Waals surface area contributed by atoms with E-state index in [1.165, 1.54) is 11.3 Å². The third-order valence-corrected chi connectivity index (χ3v) is 8.29. The standard InChI is InChI=1S/C32H29BrN2O5S/c1-5-39-31(37)28-20(3)34-32-35(29(28)23-13-10-19(2)26(16-23)38-4)30(36)27(41-32)17-22-8-6-7-9-25(22)40-18-21-11-14-24(33)15-12-21/h6-17,29H,5,18H2,1-4H3/b27-17+. The number of benzene rings is 3. The SMILES string of the molecule is CCOC(=O)C1=C(C)N=c2s/c(=C/c3ccccc3OCc3ccc(Br)cc3)c(=O)n2C1c1ccc(C)c(OC)c1. The summed E-state index contributed by atoms with van der Waals surface area (Å²) in [7, 11) is 1.60. The molecular formula is C32H29BrN2O5S. The van der Waals surface area contributed by atoms with E-state index in [1.807, 2.05) is 79.7 Å². The van der Waals surface area contributed by atoms with E-state index < -0.39 is 12.0 Å². The second-order valence-corrected chi connectivity index (χ2v) is 11.4. The number of aryl methyl sites for hydroxylation is 1. The van der Waals surface area contributed by atoms with Crippen molar-refractivity contribution >= 4 is 39.3 Å². The molecule has 0 aliphatic carbocycles. The maximum absolute atomic E-state index is 14.0. The van der Waals surface area contributed by atoms with Crippen LogP contribution in [0.3, 0.4) is 0 Å². The number of hydrogen-bond acceptors (Lipinski definition) is 7. The summed E-state index contributed by atoms with van der Waals surface area (Å²) in [4.78, 5) is 32.4. The van der Waals surface area contributed by atoms with Crippen LogP contribution in [0.2, 0.25) is 0 Å². The molecule has 4 aromatic rings. The number of nitrogens with zero attached hydrogens (tertiary/aromatic N) is 2. The maximum Gasteiger partial charge on any atom is 0.338 e.